The smallest absolute Gasteiger partial charge is 0.217 e. The van der Waals surface area contributed by atoms with Crippen LogP contribution in [0, 0.1) is 0 Å². The Morgan fingerprint density at radius 3 is 2.40 bits per heavy atom. The molecule has 15 heavy (non-hydrogen) atoms. The summed E-state index contributed by atoms with van der Waals surface area (Å²) < 4.78 is 24.1. The molecule has 0 radical (unpaired) electrons. The Hall–Kier alpha value is -1.40. The fourth-order valence-electron chi connectivity index (χ4n) is 1.11. The van der Waals surface area contributed by atoms with E-state index in [4.69, 9.17) is 5.73 Å². The molecule has 0 saturated carbocycles. The van der Waals surface area contributed by atoms with E-state index in [0.717, 1.165) is 11.3 Å². The second-order valence-corrected chi connectivity index (χ2v) is 6.07. The Labute approximate surface area is 91.3 Å². The molecule has 0 amide bonds. The van der Waals surface area contributed by atoms with Gasteiger partial charge in [0, 0.05) is 0 Å². The van der Waals surface area contributed by atoms with Gasteiger partial charge >= 0.3 is 0 Å². The summed E-state index contributed by atoms with van der Waals surface area (Å²) in [6.45, 7) is 0. The molecular weight excluding hydrogens is 232 g/mol. The molecule has 78 valence electrons. The van der Waals surface area contributed by atoms with E-state index in [1.165, 1.54) is 6.20 Å². The number of rotatable bonds is 2. The largest absolute Gasteiger partial charge is 0.375 e. The van der Waals surface area contributed by atoms with Gasteiger partial charge in [-0.05, 0) is 12.1 Å². The molecule has 0 saturated heterocycles. The molecule has 0 aliphatic rings. The SMILES string of the molecule is Nc1ncc(S(=O)(=O)c2ccccc2)s1. The number of benzene rings is 1. The quantitative estimate of drug-likeness (QED) is 0.864. The normalized spacial score (nSPS) is 11.5. The number of hydrogen-bond donors (Lipinski definition) is 1. The van der Waals surface area contributed by atoms with E-state index < -0.39 is 9.84 Å². The predicted octanol–water partition coefficient (Wildman–Crippen LogP) is 1.56. The Bertz CT molecular complexity index is 561. The maximum atomic E-state index is 12.0. The number of anilines is 1. The fourth-order valence-corrected chi connectivity index (χ4v) is 3.45. The van der Waals surface area contributed by atoms with Crippen LogP contribution < -0.4 is 5.73 Å². The first kappa shape index (κ1) is 10.1. The van der Waals surface area contributed by atoms with Crippen LogP contribution in [0.1, 0.15) is 0 Å². The van der Waals surface area contributed by atoms with Gasteiger partial charge in [0.1, 0.15) is 4.21 Å². The number of nitrogens with two attached hydrogens (primary N) is 1. The van der Waals surface area contributed by atoms with Crippen LogP contribution in [0.3, 0.4) is 0 Å². The van der Waals surface area contributed by atoms with Crippen LogP contribution >= 0.6 is 11.3 Å². The zero-order valence-electron chi connectivity index (χ0n) is 7.62. The van der Waals surface area contributed by atoms with Crippen LogP contribution in [-0.2, 0) is 9.84 Å². The molecule has 0 spiro atoms. The van der Waals surface area contributed by atoms with E-state index in [-0.39, 0.29) is 14.2 Å². The molecule has 0 bridgehead atoms. The molecule has 2 N–H and O–H groups in total. The van der Waals surface area contributed by atoms with E-state index >= 15 is 0 Å². The molecule has 1 heterocycles. The molecule has 6 heteroatoms. The first-order valence-electron chi connectivity index (χ1n) is 4.12. The number of aromatic nitrogens is 1. The highest BCUT2D eigenvalue weighted by Crippen LogP contribution is 2.26. The highest BCUT2D eigenvalue weighted by atomic mass is 32.2. The molecule has 0 aliphatic carbocycles. The van der Waals surface area contributed by atoms with Gasteiger partial charge in [0.2, 0.25) is 9.84 Å². The van der Waals surface area contributed by atoms with E-state index in [1.54, 1.807) is 30.3 Å². The van der Waals surface area contributed by atoms with Gasteiger partial charge in [-0.15, -0.1) is 0 Å². The van der Waals surface area contributed by atoms with E-state index in [2.05, 4.69) is 4.98 Å². The lowest BCUT2D eigenvalue weighted by atomic mass is 10.4. The molecule has 0 unspecified atom stereocenters. The molecule has 0 aliphatic heterocycles. The van der Waals surface area contributed by atoms with Gasteiger partial charge in [-0.3, -0.25) is 0 Å². The summed E-state index contributed by atoms with van der Waals surface area (Å²) in [6.07, 6.45) is 1.28. The summed E-state index contributed by atoms with van der Waals surface area (Å²) in [5, 5.41) is 0.254. The minimum atomic E-state index is -3.44. The maximum Gasteiger partial charge on any atom is 0.217 e. The van der Waals surface area contributed by atoms with Crippen molar-refractivity contribution < 1.29 is 8.42 Å². The topological polar surface area (TPSA) is 73.0 Å². The van der Waals surface area contributed by atoms with Crippen molar-refractivity contribution in [1.82, 2.24) is 4.98 Å². The van der Waals surface area contributed by atoms with Crippen LogP contribution in [0.25, 0.3) is 0 Å². The number of nitrogen functional groups attached to an aromatic ring is 1. The van der Waals surface area contributed by atoms with Crippen molar-refractivity contribution in [2.75, 3.05) is 5.73 Å². The minimum Gasteiger partial charge on any atom is -0.375 e. The zero-order valence-corrected chi connectivity index (χ0v) is 9.25. The van der Waals surface area contributed by atoms with Gasteiger partial charge in [0.05, 0.1) is 11.1 Å². The van der Waals surface area contributed by atoms with Crippen LogP contribution in [0.15, 0.2) is 45.6 Å². The number of hydrogen-bond acceptors (Lipinski definition) is 5. The first-order valence-corrected chi connectivity index (χ1v) is 6.42. The summed E-state index contributed by atoms with van der Waals surface area (Å²) in [6, 6.07) is 8.21. The van der Waals surface area contributed by atoms with Crippen LogP contribution in [-0.4, -0.2) is 13.4 Å². The Morgan fingerprint density at radius 2 is 1.87 bits per heavy atom. The van der Waals surface area contributed by atoms with Crippen molar-refractivity contribution in [3.63, 3.8) is 0 Å². The average molecular weight is 240 g/mol. The second-order valence-electron chi connectivity index (χ2n) is 2.83. The fraction of sp³-hybridized carbons (Fsp3) is 0. The van der Waals surface area contributed by atoms with Crippen LogP contribution in [0.5, 0.6) is 0 Å². The van der Waals surface area contributed by atoms with Crippen molar-refractivity contribution in [2.45, 2.75) is 9.10 Å². The van der Waals surface area contributed by atoms with E-state index in [1.807, 2.05) is 0 Å². The molecule has 0 fully saturated rings. The van der Waals surface area contributed by atoms with Crippen LogP contribution in [0.4, 0.5) is 5.13 Å². The van der Waals surface area contributed by atoms with E-state index in [9.17, 15) is 8.42 Å². The standard InChI is InChI=1S/C9H8N2O2S2/c10-9-11-6-8(14-9)15(12,13)7-4-2-1-3-5-7/h1-6H,(H2,10,11). The molecule has 1 aromatic carbocycles. The van der Waals surface area contributed by atoms with Gasteiger partial charge in [-0.2, -0.15) is 0 Å². The molecule has 1 aromatic heterocycles. The zero-order chi connectivity index (χ0) is 10.9. The van der Waals surface area contributed by atoms with Gasteiger partial charge in [0.25, 0.3) is 0 Å². The highest BCUT2D eigenvalue weighted by Gasteiger charge is 2.19. The maximum absolute atomic E-state index is 12.0. The predicted molar refractivity (Wildman–Crippen MR) is 58.4 cm³/mol. The number of sulfone groups is 1. The van der Waals surface area contributed by atoms with E-state index in [0.29, 0.717) is 0 Å². The summed E-state index contributed by atoms with van der Waals surface area (Å²) in [4.78, 5) is 3.98. The molecule has 4 nitrogen and oxygen atoms in total. The average Bonchev–Trinajstić information content (AvgIpc) is 2.67. The third-order valence-corrected chi connectivity index (χ3v) is 4.88. The van der Waals surface area contributed by atoms with Crippen molar-refractivity contribution in [1.29, 1.82) is 0 Å². The lowest BCUT2D eigenvalue weighted by molar-refractivity contribution is 0.598. The number of nitrogens with zero attached hydrogens (tertiary/aromatic N) is 1. The third kappa shape index (κ3) is 1.86. The van der Waals surface area contributed by atoms with Gasteiger partial charge < -0.3 is 5.73 Å². The van der Waals surface area contributed by atoms with Crippen LogP contribution in [0.2, 0.25) is 0 Å². The Balaban J connectivity index is 2.54. The monoisotopic (exact) mass is 240 g/mol. The van der Waals surface area contributed by atoms with Crippen molar-refractivity contribution in [2.24, 2.45) is 0 Å². The molecule has 2 aromatic rings. The lowest BCUT2D eigenvalue weighted by Crippen LogP contribution is -1.98. The van der Waals surface area contributed by atoms with Gasteiger partial charge in [0.15, 0.2) is 5.13 Å². The summed E-state index contributed by atoms with van der Waals surface area (Å²) in [5.74, 6) is 0. The van der Waals surface area contributed by atoms with Gasteiger partial charge in [-0.1, -0.05) is 29.5 Å². The van der Waals surface area contributed by atoms with Crippen molar-refractivity contribution >= 4 is 26.3 Å². The van der Waals surface area contributed by atoms with Crippen molar-refractivity contribution in [3.8, 4) is 0 Å². The third-order valence-electron chi connectivity index (χ3n) is 1.82. The Kier molecular flexibility index (Phi) is 2.45. The Morgan fingerprint density at radius 1 is 1.20 bits per heavy atom. The minimum absolute atomic E-state index is 0.172. The second kappa shape index (κ2) is 3.63. The first-order chi connectivity index (χ1) is 7.10. The lowest BCUT2D eigenvalue weighted by Gasteiger charge is -1.99. The van der Waals surface area contributed by atoms with Gasteiger partial charge in [-0.25, -0.2) is 13.4 Å². The number of thiazole rings is 1. The van der Waals surface area contributed by atoms with Crippen molar-refractivity contribution in [3.05, 3.63) is 36.5 Å². The summed E-state index contributed by atoms with van der Waals surface area (Å²) in [5.41, 5.74) is 5.40. The molecular formula is C9H8N2O2S2. The summed E-state index contributed by atoms with van der Waals surface area (Å²) in [7, 11) is -3.44. The highest BCUT2D eigenvalue weighted by molar-refractivity contribution is 7.93. The molecule has 2 rings (SSSR count). The summed E-state index contributed by atoms with van der Waals surface area (Å²) >= 11 is 0.968. The molecule has 0 atom stereocenters.